The third kappa shape index (κ3) is 3.24. The van der Waals surface area contributed by atoms with E-state index >= 15 is 0 Å². The normalized spacial score (nSPS) is 21.6. The fourth-order valence-electron chi connectivity index (χ4n) is 3.50. The lowest BCUT2D eigenvalue weighted by Crippen LogP contribution is -2.18. The van der Waals surface area contributed by atoms with Gasteiger partial charge in [0.1, 0.15) is 6.54 Å². The van der Waals surface area contributed by atoms with Gasteiger partial charge in [-0.2, -0.15) is 18.3 Å². The highest BCUT2D eigenvalue weighted by molar-refractivity contribution is 5.83. The van der Waals surface area contributed by atoms with E-state index in [1.54, 1.807) is 0 Å². The molecule has 0 radical (unpaired) electrons. The fraction of sp³-hybridized carbons (Fsp3) is 0.611. The number of aromatic nitrogens is 2. The van der Waals surface area contributed by atoms with Crippen LogP contribution in [0.4, 0.5) is 13.2 Å². The van der Waals surface area contributed by atoms with Crippen molar-refractivity contribution >= 4 is 10.9 Å². The van der Waals surface area contributed by atoms with E-state index in [1.165, 1.54) is 0 Å². The zero-order valence-electron chi connectivity index (χ0n) is 14.0. The molecular formula is C18H23F3N2. The SMILES string of the molecule is CC(C)c1nn(CC(F)(F)F)c2cc([C@H]3C[C@@H]3C(C)C)ccc12. The van der Waals surface area contributed by atoms with Gasteiger partial charge in [-0.1, -0.05) is 39.8 Å². The average molecular weight is 324 g/mol. The van der Waals surface area contributed by atoms with Gasteiger partial charge < -0.3 is 0 Å². The van der Waals surface area contributed by atoms with Crippen molar-refractivity contribution in [2.24, 2.45) is 11.8 Å². The van der Waals surface area contributed by atoms with Crippen LogP contribution < -0.4 is 0 Å². The molecule has 5 heteroatoms. The lowest BCUT2D eigenvalue weighted by atomic mass is 10.00. The van der Waals surface area contributed by atoms with Crippen LogP contribution in [0, 0.1) is 11.8 Å². The molecule has 2 aromatic rings. The number of hydrogen-bond acceptors (Lipinski definition) is 1. The molecule has 1 heterocycles. The number of nitrogens with zero attached hydrogens (tertiary/aromatic N) is 2. The molecule has 0 bridgehead atoms. The molecule has 126 valence electrons. The third-order valence-corrected chi connectivity index (χ3v) is 4.80. The van der Waals surface area contributed by atoms with Crippen molar-refractivity contribution in [1.82, 2.24) is 9.78 Å². The Balaban J connectivity index is 2.04. The van der Waals surface area contributed by atoms with Gasteiger partial charge >= 0.3 is 6.18 Å². The highest BCUT2D eigenvalue weighted by Gasteiger charge is 2.40. The van der Waals surface area contributed by atoms with Crippen LogP contribution in [0.3, 0.4) is 0 Å². The van der Waals surface area contributed by atoms with Crippen LogP contribution in [-0.2, 0) is 6.54 Å². The predicted octanol–water partition coefficient (Wildman–Crippen LogP) is 5.48. The van der Waals surface area contributed by atoms with E-state index in [0.29, 0.717) is 23.3 Å². The van der Waals surface area contributed by atoms with E-state index in [4.69, 9.17) is 0 Å². The molecule has 23 heavy (non-hydrogen) atoms. The minimum Gasteiger partial charge on any atom is -0.255 e. The van der Waals surface area contributed by atoms with Crippen LogP contribution in [0.5, 0.6) is 0 Å². The second-order valence-corrected chi connectivity index (χ2v) is 7.34. The summed E-state index contributed by atoms with van der Waals surface area (Å²) >= 11 is 0. The molecule has 0 unspecified atom stereocenters. The zero-order chi connectivity index (χ0) is 16.9. The lowest BCUT2D eigenvalue weighted by Gasteiger charge is -2.09. The summed E-state index contributed by atoms with van der Waals surface area (Å²) in [6.45, 7) is 7.30. The molecule has 1 aromatic carbocycles. The van der Waals surface area contributed by atoms with Gasteiger partial charge in [-0.15, -0.1) is 0 Å². The van der Waals surface area contributed by atoms with Crippen molar-refractivity contribution in [3.05, 3.63) is 29.5 Å². The smallest absolute Gasteiger partial charge is 0.255 e. The van der Waals surface area contributed by atoms with Crippen molar-refractivity contribution in [3.63, 3.8) is 0 Å². The maximum absolute atomic E-state index is 12.9. The number of rotatable bonds is 4. The molecule has 1 aliphatic carbocycles. The Bertz CT molecular complexity index is 713. The summed E-state index contributed by atoms with van der Waals surface area (Å²) in [5.41, 5.74) is 2.50. The molecule has 0 spiro atoms. The molecule has 1 fully saturated rings. The highest BCUT2D eigenvalue weighted by atomic mass is 19.4. The number of benzene rings is 1. The van der Waals surface area contributed by atoms with E-state index in [9.17, 15) is 13.2 Å². The van der Waals surface area contributed by atoms with E-state index in [1.807, 2.05) is 26.0 Å². The maximum Gasteiger partial charge on any atom is 0.408 e. The van der Waals surface area contributed by atoms with Gasteiger partial charge in [-0.05, 0) is 41.7 Å². The molecular weight excluding hydrogens is 301 g/mol. The first-order valence-electron chi connectivity index (χ1n) is 8.24. The van der Waals surface area contributed by atoms with Crippen LogP contribution in [0.2, 0.25) is 0 Å². The molecule has 1 saturated carbocycles. The average Bonchev–Trinajstić information content (AvgIpc) is 3.15. The highest BCUT2D eigenvalue weighted by Crippen LogP contribution is 2.52. The summed E-state index contributed by atoms with van der Waals surface area (Å²) in [6, 6.07) is 5.95. The first-order valence-corrected chi connectivity index (χ1v) is 8.24. The minimum absolute atomic E-state index is 0.0992. The molecule has 0 aliphatic heterocycles. The van der Waals surface area contributed by atoms with Gasteiger partial charge in [0.25, 0.3) is 0 Å². The fourth-order valence-corrected chi connectivity index (χ4v) is 3.50. The van der Waals surface area contributed by atoms with Crippen LogP contribution in [0.25, 0.3) is 10.9 Å². The van der Waals surface area contributed by atoms with Gasteiger partial charge in [-0.25, -0.2) is 0 Å². The van der Waals surface area contributed by atoms with Crippen molar-refractivity contribution < 1.29 is 13.2 Å². The van der Waals surface area contributed by atoms with Gasteiger partial charge in [0.2, 0.25) is 0 Å². The molecule has 3 rings (SSSR count). The first kappa shape index (κ1) is 16.3. The number of alkyl halides is 3. The summed E-state index contributed by atoms with van der Waals surface area (Å²) in [4.78, 5) is 0. The molecule has 1 aliphatic rings. The number of fused-ring (bicyclic) bond motifs is 1. The third-order valence-electron chi connectivity index (χ3n) is 4.80. The second kappa shape index (κ2) is 5.53. The number of halogens is 3. The summed E-state index contributed by atoms with van der Waals surface area (Å²) in [7, 11) is 0. The Morgan fingerprint density at radius 3 is 2.43 bits per heavy atom. The van der Waals surface area contributed by atoms with Gasteiger partial charge in [0, 0.05) is 5.39 Å². The van der Waals surface area contributed by atoms with Crippen molar-refractivity contribution in [3.8, 4) is 0 Å². The van der Waals surface area contributed by atoms with Gasteiger partial charge in [0.05, 0.1) is 11.2 Å². The van der Waals surface area contributed by atoms with E-state index in [-0.39, 0.29) is 5.92 Å². The van der Waals surface area contributed by atoms with Crippen LogP contribution in [0.15, 0.2) is 18.2 Å². The second-order valence-electron chi connectivity index (χ2n) is 7.34. The first-order chi connectivity index (χ1) is 10.7. The molecule has 0 amide bonds. The summed E-state index contributed by atoms with van der Waals surface area (Å²) in [5.74, 6) is 1.84. The topological polar surface area (TPSA) is 17.8 Å². The van der Waals surface area contributed by atoms with E-state index in [2.05, 4.69) is 25.0 Å². The minimum atomic E-state index is -4.26. The summed E-state index contributed by atoms with van der Waals surface area (Å²) in [6.07, 6.45) is -3.13. The molecule has 1 aromatic heterocycles. The van der Waals surface area contributed by atoms with Crippen LogP contribution in [-0.4, -0.2) is 16.0 Å². The lowest BCUT2D eigenvalue weighted by molar-refractivity contribution is -0.141. The van der Waals surface area contributed by atoms with Gasteiger partial charge in [-0.3, -0.25) is 4.68 Å². The van der Waals surface area contributed by atoms with Crippen LogP contribution >= 0.6 is 0 Å². The Morgan fingerprint density at radius 1 is 1.22 bits per heavy atom. The summed E-state index contributed by atoms with van der Waals surface area (Å²) in [5, 5.41) is 5.09. The zero-order valence-corrected chi connectivity index (χ0v) is 14.0. The van der Waals surface area contributed by atoms with Crippen molar-refractivity contribution in [2.45, 2.75) is 58.7 Å². The van der Waals surface area contributed by atoms with Crippen molar-refractivity contribution in [1.29, 1.82) is 0 Å². The van der Waals surface area contributed by atoms with Crippen molar-refractivity contribution in [2.75, 3.05) is 0 Å². The maximum atomic E-state index is 12.9. The monoisotopic (exact) mass is 324 g/mol. The van der Waals surface area contributed by atoms with Crippen LogP contribution in [0.1, 0.15) is 57.2 Å². The quantitative estimate of drug-likeness (QED) is 0.728. The number of hydrogen-bond donors (Lipinski definition) is 0. The van der Waals surface area contributed by atoms with E-state index < -0.39 is 12.7 Å². The molecule has 0 saturated heterocycles. The molecule has 0 N–H and O–H groups in total. The Hall–Kier alpha value is -1.52. The molecule has 2 nitrogen and oxygen atoms in total. The van der Waals surface area contributed by atoms with E-state index in [0.717, 1.165) is 27.7 Å². The standard InChI is InChI=1S/C18H23F3N2/c1-10(2)14-8-15(14)12-5-6-13-16(7-12)23(9-18(19,20)21)22-17(13)11(3)4/h5-7,10-11,14-15H,8-9H2,1-4H3/t14-,15-/m1/s1. The Labute approximate surface area is 134 Å². The Morgan fingerprint density at radius 2 is 1.91 bits per heavy atom. The largest absolute Gasteiger partial charge is 0.408 e. The predicted molar refractivity (Wildman–Crippen MR) is 85.6 cm³/mol. The molecule has 2 atom stereocenters. The van der Waals surface area contributed by atoms with Gasteiger partial charge in [0.15, 0.2) is 0 Å². The summed E-state index contributed by atoms with van der Waals surface area (Å²) < 4.78 is 39.7. The Kier molecular flexibility index (Phi) is 3.93.